The first-order valence-corrected chi connectivity index (χ1v) is 8.39. The number of anilines is 1. The molecule has 2 N–H and O–H groups in total. The molecule has 5 nitrogen and oxygen atoms in total. The second kappa shape index (κ2) is 6.83. The Morgan fingerprint density at radius 2 is 2.13 bits per heavy atom. The van der Waals surface area contributed by atoms with Crippen molar-refractivity contribution in [2.24, 2.45) is 0 Å². The summed E-state index contributed by atoms with van der Waals surface area (Å²) in [5.74, 6) is -0.0137. The lowest BCUT2D eigenvalue weighted by Gasteiger charge is -2.14. The standard InChI is InChI=1S/C17H18N4OS/c1-3-14(16(22)19-12-8-5-4-7-11(12)2)23-17-20-13-9-6-10-18-15(13)21-17/h4-10,14H,3H2,1-2H3,(H,19,22)(H,18,20,21)/t14-/m0/s1. The van der Waals surface area contributed by atoms with Gasteiger partial charge in [-0.15, -0.1) is 0 Å². The Morgan fingerprint density at radius 1 is 1.30 bits per heavy atom. The Kier molecular flexibility index (Phi) is 4.62. The average Bonchev–Trinajstić information content (AvgIpc) is 2.97. The highest BCUT2D eigenvalue weighted by Gasteiger charge is 2.20. The lowest BCUT2D eigenvalue weighted by molar-refractivity contribution is -0.115. The lowest BCUT2D eigenvalue weighted by Crippen LogP contribution is -2.25. The molecule has 0 saturated heterocycles. The van der Waals surface area contributed by atoms with Crippen LogP contribution in [0.3, 0.4) is 0 Å². The number of aromatic amines is 1. The molecule has 6 heteroatoms. The van der Waals surface area contributed by atoms with E-state index in [2.05, 4.69) is 20.3 Å². The summed E-state index contributed by atoms with van der Waals surface area (Å²) >= 11 is 1.43. The van der Waals surface area contributed by atoms with E-state index in [0.717, 1.165) is 16.8 Å². The van der Waals surface area contributed by atoms with Crippen molar-refractivity contribution < 1.29 is 4.79 Å². The fourth-order valence-electron chi connectivity index (χ4n) is 2.26. The minimum atomic E-state index is -0.213. The Labute approximate surface area is 138 Å². The summed E-state index contributed by atoms with van der Waals surface area (Å²) < 4.78 is 0. The van der Waals surface area contributed by atoms with Gasteiger partial charge in [0.15, 0.2) is 10.8 Å². The van der Waals surface area contributed by atoms with Gasteiger partial charge in [-0.3, -0.25) is 4.79 Å². The first-order chi connectivity index (χ1) is 11.2. The van der Waals surface area contributed by atoms with E-state index in [1.54, 1.807) is 6.20 Å². The zero-order chi connectivity index (χ0) is 16.2. The van der Waals surface area contributed by atoms with E-state index < -0.39 is 0 Å². The van der Waals surface area contributed by atoms with Gasteiger partial charge in [0, 0.05) is 11.9 Å². The number of amides is 1. The molecule has 0 aliphatic heterocycles. The maximum Gasteiger partial charge on any atom is 0.237 e. The topological polar surface area (TPSA) is 70.7 Å². The van der Waals surface area contributed by atoms with Crippen molar-refractivity contribution in [1.82, 2.24) is 15.0 Å². The summed E-state index contributed by atoms with van der Waals surface area (Å²) in [6, 6.07) is 11.6. The smallest absolute Gasteiger partial charge is 0.237 e. The molecule has 0 fully saturated rings. The van der Waals surface area contributed by atoms with E-state index in [4.69, 9.17) is 0 Å². The molecule has 1 aromatic carbocycles. The number of nitrogens with one attached hydrogen (secondary N) is 2. The van der Waals surface area contributed by atoms with Crippen LogP contribution in [0.4, 0.5) is 5.69 Å². The normalized spacial score (nSPS) is 12.3. The number of fused-ring (bicyclic) bond motifs is 1. The Bertz CT molecular complexity index is 797. The van der Waals surface area contributed by atoms with Crippen molar-refractivity contribution >= 4 is 34.5 Å². The fraction of sp³-hybridized carbons (Fsp3) is 0.235. The van der Waals surface area contributed by atoms with Gasteiger partial charge in [-0.2, -0.15) is 0 Å². The number of aryl methyl sites for hydroxylation is 1. The molecule has 0 aliphatic carbocycles. The molecule has 2 heterocycles. The summed E-state index contributed by atoms with van der Waals surface area (Å²) in [4.78, 5) is 24.4. The monoisotopic (exact) mass is 326 g/mol. The second-order valence-corrected chi connectivity index (χ2v) is 6.43. The van der Waals surface area contributed by atoms with E-state index in [9.17, 15) is 4.79 Å². The second-order valence-electron chi connectivity index (χ2n) is 5.24. The van der Waals surface area contributed by atoms with Crippen LogP contribution in [0, 0.1) is 6.92 Å². The molecule has 3 rings (SSSR count). The Morgan fingerprint density at radius 3 is 2.87 bits per heavy atom. The molecule has 118 valence electrons. The highest BCUT2D eigenvalue weighted by atomic mass is 32.2. The SMILES string of the molecule is CC[C@H](Sc1nc2ncccc2[nH]1)C(=O)Nc1ccccc1C. The molecule has 2 aromatic heterocycles. The lowest BCUT2D eigenvalue weighted by atomic mass is 10.2. The number of nitrogens with zero attached hydrogens (tertiary/aromatic N) is 2. The largest absolute Gasteiger partial charge is 0.332 e. The quantitative estimate of drug-likeness (QED) is 0.700. The predicted octanol–water partition coefficient (Wildman–Crippen LogP) is 3.78. The molecule has 1 amide bonds. The number of carbonyl (C=O) groups excluding carboxylic acids is 1. The molecule has 0 aliphatic rings. The third kappa shape index (κ3) is 3.53. The van der Waals surface area contributed by atoms with E-state index in [-0.39, 0.29) is 11.2 Å². The summed E-state index contributed by atoms with van der Waals surface area (Å²) in [6.07, 6.45) is 2.42. The van der Waals surface area contributed by atoms with E-state index in [0.29, 0.717) is 17.2 Å². The number of rotatable bonds is 5. The number of imidazole rings is 1. The third-order valence-electron chi connectivity index (χ3n) is 3.56. The number of carbonyl (C=O) groups is 1. The number of thioether (sulfide) groups is 1. The van der Waals surface area contributed by atoms with Crippen molar-refractivity contribution in [1.29, 1.82) is 0 Å². The minimum absolute atomic E-state index is 0.0137. The number of hydrogen-bond donors (Lipinski definition) is 2. The van der Waals surface area contributed by atoms with Gasteiger partial charge in [-0.25, -0.2) is 9.97 Å². The number of H-pyrrole nitrogens is 1. The van der Waals surface area contributed by atoms with Crippen molar-refractivity contribution in [2.75, 3.05) is 5.32 Å². The van der Waals surface area contributed by atoms with Gasteiger partial charge in [-0.05, 0) is 37.1 Å². The van der Waals surface area contributed by atoms with Crippen LogP contribution in [0.15, 0.2) is 47.8 Å². The van der Waals surface area contributed by atoms with Gasteiger partial charge in [0.05, 0.1) is 10.8 Å². The third-order valence-corrected chi connectivity index (χ3v) is 4.80. The summed E-state index contributed by atoms with van der Waals surface area (Å²) in [6.45, 7) is 3.98. The maximum absolute atomic E-state index is 12.5. The van der Waals surface area contributed by atoms with E-state index in [1.165, 1.54) is 11.8 Å². The Hall–Kier alpha value is -2.34. The molecule has 0 radical (unpaired) electrons. The summed E-state index contributed by atoms with van der Waals surface area (Å²) in [7, 11) is 0. The first kappa shape index (κ1) is 15.6. The number of benzene rings is 1. The molecule has 3 aromatic rings. The maximum atomic E-state index is 12.5. The van der Waals surface area contributed by atoms with E-state index in [1.807, 2.05) is 50.2 Å². The summed E-state index contributed by atoms with van der Waals surface area (Å²) in [5, 5.41) is 3.50. The number of para-hydroxylation sites is 1. The highest BCUT2D eigenvalue weighted by Crippen LogP contribution is 2.26. The van der Waals surface area contributed by atoms with Crippen molar-refractivity contribution in [2.45, 2.75) is 30.7 Å². The number of hydrogen-bond acceptors (Lipinski definition) is 4. The van der Waals surface area contributed by atoms with Crippen molar-refractivity contribution in [3.05, 3.63) is 48.2 Å². The molecule has 0 spiro atoms. The number of aromatic nitrogens is 3. The molecule has 0 bridgehead atoms. The molecular formula is C17H18N4OS. The van der Waals surface area contributed by atoms with E-state index >= 15 is 0 Å². The Balaban J connectivity index is 1.74. The van der Waals surface area contributed by atoms with Crippen LogP contribution in [0.25, 0.3) is 11.2 Å². The summed E-state index contributed by atoms with van der Waals surface area (Å²) in [5.41, 5.74) is 3.45. The molecular weight excluding hydrogens is 308 g/mol. The van der Waals surface area contributed by atoms with Crippen LogP contribution < -0.4 is 5.32 Å². The molecule has 23 heavy (non-hydrogen) atoms. The first-order valence-electron chi connectivity index (χ1n) is 7.51. The van der Waals surface area contributed by atoms with Gasteiger partial charge < -0.3 is 10.3 Å². The fourth-order valence-corrected chi connectivity index (χ4v) is 3.17. The zero-order valence-corrected chi connectivity index (χ0v) is 13.9. The highest BCUT2D eigenvalue weighted by molar-refractivity contribution is 8.00. The average molecular weight is 326 g/mol. The van der Waals surface area contributed by atoms with Crippen LogP contribution in [-0.4, -0.2) is 26.1 Å². The van der Waals surface area contributed by atoms with Crippen LogP contribution in [0.2, 0.25) is 0 Å². The van der Waals surface area contributed by atoms with Crippen molar-refractivity contribution in [3.8, 4) is 0 Å². The zero-order valence-electron chi connectivity index (χ0n) is 13.0. The van der Waals surface area contributed by atoms with Crippen LogP contribution in [-0.2, 0) is 4.79 Å². The van der Waals surface area contributed by atoms with Crippen LogP contribution >= 0.6 is 11.8 Å². The van der Waals surface area contributed by atoms with Gasteiger partial charge in [0.2, 0.25) is 5.91 Å². The predicted molar refractivity (Wildman–Crippen MR) is 93.6 cm³/mol. The molecule has 1 atom stereocenters. The van der Waals surface area contributed by atoms with Crippen LogP contribution in [0.5, 0.6) is 0 Å². The van der Waals surface area contributed by atoms with Gasteiger partial charge >= 0.3 is 0 Å². The van der Waals surface area contributed by atoms with Crippen LogP contribution in [0.1, 0.15) is 18.9 Å². The van der Waals surface area contributed by atoms with Crippen molar-refractivity contribution in [3.63, 3.8) is 0 Å². The van der Waals surface area contributed by atoms with Gasteiger partial charge in [-0.1, -0.05) is 36.9 Å². The molecule has 0 unspecified atom stereocenters. The number of pyridine rings is 1. The van der Waals surface area contributed by atoms with Gasteiger partial charge in [0.1, 0.15) is 0 Å². The van der Waals surface area contributed by atoms with Gasteiger partial charge in [0.25, 0.3) is 0 Å². The minimum Gasteiger partial charge on any atom is -0.332 e. The molecule has 0 saturated carbocycles.